The minimum atomic E-state index is -0.124. The number of nitrogens with zero attached hydrogens (tertiary/aromatic N) is 1. The fourth-order valence-electron chi connectivity index (χ4n) is 2.21. The second-order valence-electron chi connectivity index (χ2n) is 5.52. The van der Waals surface area contributed by atoms with Gasteiger partial charge in [-0.3, -0.25) is 0 Å². The highest BCUT2D eigenvalue weighted by Crippen LogP contribution is 2.25. The van der Waals surface area contributed by atoms with Gasteiger partial charge in [-0.2, -0.15) is 0 Å². The molecule has 0 heterocycles. The van der Waals surface area contributed by atoms with Crippen LogP contribution in [0.15, 0.2) is 18.2 Å². The summed E-state index contributed by atoms with van der Waals surface area (Å²) in [5, 5.41) is 3.30. The fraction of sp³-hybridized carbons (Fsp3) is 0.625. The zero-order valence-corrected chi connectivity index (χ0v) is 12.8. The van der Waals surface area contributed by atoms with Gasteiger partial charge in [-0.1, -0.05) is 33.3 Å². The smallest absolute Gasteiger partial charge is 0.129 e. The van der Waals surface area contributed by atoms with Crippen LogP contribution in [0.4, 0.5) is 10.1 Å². The SMILES string of the molecule is CCCC(C)N(C)c1cccc(F)c1CNC(C)C. The van der Waals surface area contributed by atoms with E-state index in [-0.39, 0.29) is 5.82 Å². The molecule has 0 aliphatic carbocycles. The third-order valence-electron chi connectivity index (χ3n) is 3.53. The van der Waals surface area contributed by atoms with E-state index in [9.17, 15) is 4.39 Å². The number of halogens is 1. The number of hydrogen-bond acceptors (Lipinski definition) is 2. The van der Waals surface area contributed by atoms with Crippen molar-refractivity contribution < 1.29 is 4.39 Å². The lowest BCUT2D eigenvalue weighted by Gasteiger charge is -2.29. The van der Waals surface area contributed by atoms with Gasteiger partial charge in [-0.05, 0) is 25.5 Å². The Bertz CT molecular complexity index is 390. The minimum Gasteiger partial charge on any atom is -0.372 e. The van der Waals surface area contributed by atoms with Crippen molar-refractivity contribution in [3.63, 3.8) is 0 Å². The second kappa shape index (κ2) is 7.49. The molecule has 0 amide bonds. The molecule has 1 atom stereocenters. The van der Waals surface area contributed by atoms with Gasteiger partial charge in [0.15, 0.2) is 0 Å². The van der Waals surface area contributed by atoms with Gasteiger partial charge in [0.1, 0.15) is 5.82 Å². The van der Waals surface area contributed by atoms with E-state index in [1.54, 1.807) is 12.1 Å². The molecule has 1 aromatic carbocycles. The molecule has 0 radical (unpaired) electrons. The lowest BCUT2D eigenvalue weighted by atomic mass is 10.1. The van der Waals surface area contributed by atoms with Crippen molar-refractivity contribution >= 4 is 5.69 Å². The Kier molecular flexibility index (Phi) is 6.29. The molecule has 1 unspecified atom stereocenters. The summed E-state index contributed by atoms with van der Waals surface area (Å²) in [5.74, 6) is -0.124. The number of rotatable bonds is 7. The normalized spacial score (nSPS) is 12.8. The Morgan fingerprint density at radius 1 is 1.26 bits per heavy atom. The van der Waals surface area contributed by atoms with Gasteiger partial charge in [0.05, 0.1) is 0 Å². The van der Waals surface area contributed by atoms with Crippen LogP contribution in [-0.2, 0) is 6.54 Å². The van der Waals surface area contributed by atoms with E-state index in [0.29, 0.717) is 18.6 Å². The van der Waals surface area contributed by atoms with E-state index >= 15 is 0 Å². The second-order valence-corrected chi connectivity index (χ2v) is 5.52. The standard InChI is InChI=1S/C16H27FN2/c1-6-8-13(4)19(5)16-10-7-9-15(17)14(16)11-18-12(2)3/h7,9-10,12-13,18H,6,8,11H2,1-5H3. The van der Waals surface area contributed by atoms with Crippen molar-refractivity contribution in [2.24, 2.45) is 0 Å². The molecule has 19 heavy (non-hydrogen) atoms. The summed E-state index contributed by atoms with van der Waals surface area (Å²) in [4.78, 5) is 2.18. The van der Waals surface area contributed by atoms with Crippen molar-refractivity contribution in [3.8, 4) is 0 Å². The maximum Gasteiger partial charge on any atom is 0.129 e. The van der Waals surface area contributed by atoms with Gasteiger partial charge < -0.3 is 10.2 Å². The van der Waals surface area contributed by atoms with E-state index in [1.165, 1.54) is 0 Å². The largest absolute Gasteiger partial charge is 0.372 e. The topological polar surface area (TPSA) is 15.3 Å². The maximum absolute atomic E-state index is 14.0. The first-order chi connectivity index (χ1) is 8.97. The molecule has 0 aliphatic heterocycles. The highest BCUT2D eigenvalue weighted by atomic mass is 19.1. The third kappa shape index (κ3) is 4.50. The predicted octanol–water partition coefficient (Wildman–Crippen LogP) is 3.95. The first kappa shape index (κ1) is 16.0. The molecule has 1 N–H and O–H groups in total. The summed E-state index contributed by atoms with van der Waals surface area (Å²) in [6, 6.07) is 6.11. The number of nitrogens with one attached hydrogen (secondary N) is 1. The predicted molar refractivity (Wildman–Crippen MR) is 81.1 cm³/mol. The quantitative estimate of drug-likeness (QED) is 0.804. The first-order valence-corrected chi connectivity index (χ1v) is 7.21. The number of hydrogen-bond donors (Lipinski definition) is 1. The van der Waals surface area contributed by atoms with Crippen LogP contribution in [0.1, 0.15) is 46.1 Å². The monoisotopic (exact) mass is 266 g/mol. The minimum absolute atomic E-state index is 0.124. The van der Waals surface area contributed by atoms with Gasteiger partial charge in [-0.25, -0.2) is 4.39 Å². The van der Waals surface area contributed by atoms with Gasteiger partial charge in [0, 0.05) is 36.9 Å². The molecule has 1 aromatic rings. The van der Waals surface area contributed by atoms with Crippen LogP contribution < -0.4 is 10.2 Å². The molecule has 0 aromatic heterocycles. The van der Waals surface area contributed by atoms with Crippen LogP contribution in [-0.4, -0.2) is 19.1 Å². The Labute approximate surface area is 117 Å². The summed E-state index contributed by atoms with van der Waals surface area (Å²) < 4.78 is 14.0. The van der Waals surface area contributed by atoms with E-state index in [0.717, 1.165) is 24.1 Å². The maximum atomic E-state index is 14.0. The molecule has 0 spiro atoms. The van der Waals surface area contributed by atoms with Crippen LogP contribution in [0.5, 0.6) is 0 Å². The van der Waals surface area contributed by atoms with E-state index < -0.39 is 0 Å². The van der Waals surface area contributed by atoms with Crippen molar-refractivity contribution in [3.05, 3.63) is 29.6 Å². The summed E-state index contributed by atoms with van der Waals surface area (Å²) in [7, 11) is 2.05. The third-order valence-corrected chi connectivity index (χ3v) is 3.53. The van der Waals surface area contributed by atoms with Crippen molar-refractivity contribution in [1.82, 2.24) is 5.32 Å². The lowest BCUT2D eigenvalue weighted by molar-refractivity contribution is 0.547. The van der Waals surface area contributed by atoms with Crippen LogP contribution in [0.2, 0.25) is 0 Å². The van der Waals surface area contributed by atoms with Gasteiger partial charge in [0.25, 0.3) is 0 Å². The molecule has 0 saturated carbocycles. The molecule has 3 heteroatoms. The fourth-order valence-corrected chi connectivity index (χ4v) is 2.21. The van der Waals surface area contributed by atoms with Crippen molar-refractivity contribution in [2.75, 3.05) is 11.9 Å². The average molecular weight is 266 g/mol. The Morgan fingerprint density at radius 3 is 2.53 bits per heavy atom. The molecule has 1 rings (SSSR count). The highest BCUT2D eigenvalue weighted by Gasteiger charge is 2.15. The average Bonchev–Trinajstić information content (AvgIpc) is 2.36. The molecular formula is C16H27FN2. The number of benzene rings is 1. The molecule has 0 aliphatic rings. The molecule has 0 fully saturated rings. The lowest BCUT2D eigenvalue weighted by Crippen LogP contribution is -2.31. The molecule has 2 nitrogen and oxygen atoms in total. The Morgan fingerprint density at radius 2 is 1.95 bits per heavy atom. The van der Waals surface area contributed by atoms with Crippen molar-refractivity contribution in [1.29, 1.82) is 0 Å². The van der Waals surface area contributed by atoms with Crippen molar-refractivity contribution in [2.45, 2.75) is 59.2 Å². The highest BCUT2D eigenvalue weighted by molar-refractivity contribution is 5.54. The molecular weight excluding hydrogens is 239 g/mol. The summed E-state index contributed by atoms with van der Waals surface area (Å²) in [5.41, 5.74) is 1.76. The first-order valence-electron chi connectivity index (χ1n) is 7.21. The van der Waals surface area contributed by atoms with Gasteiger partial charge in [0.2, 0.25) is 0 Å². The Balaban J connectivity index is 2.95. The summed E-state index contributed by atoms with van der Waals surface area (Å²) >= 11 is 0. The van der Waals surface area contributed by atoms with Crippen LogP contribution in [0, 0.1) is 5.82 Å². The van der Waals surface area contributed by atoms with Crippen LogP contribution >= 0.6 is 0 Å². The summed E-state index contributed by atoms with van der Waals surface area (Å²) in [6.07, 6.45) is 2.25. The molecule has 0 bridgehead atoms. The number of anilines is 1. The van der Waals surface area contributed by atoms with E-state index in [4.69, 9.17) is 0 Å². The Hall–Kier alpha value is -1.09. The molecule has 108 valence electrons. The van der Waals surface area contributed by atoms with Gasteiger partial charge >= 0.3 is 0 Å². The van der Waals surface area contributed by atoms with E-state index in [1.807, 2.05) is 13.1 Å². The molecule has 0 saturated heterocycles. The van der Waals surface area contributed by atoms with E-state index in [2.05, 4.69) is 37.9 Å². The van der Waals surface area contributed by atoms with Crippen LogP contribution in [0.3, 0.4) is 0 Å². The van der Waals surface area contributed by atoms with Gasteiger partial charge in [-0.15, -0.1) is 0 Å². The summed E-state index contributed by atoms with van der Waals surface area (Å²) in [6.45, 7) is 9.09. The zero-order valence-electron chi connectivity index (χ0n) is 12.8. The zero-order chi connectivity index (χ0) is 14.4. The van der Waals surface area contributed by atoms with Crippen LogP contribution in [0.25, 0.3) is 0 Å².